The highest BCUT2D eigenvalue weighted by Gasteiger charge is 2.36. The van der Waals surface area contributed by atoms with Crippen LogP contribution < -0.4 is 5.32 Å². The molecule has 0 aliphatic heterocycles. The highest BCUT2D eigenvalue weighted by molar-refractivity contribution is 6.42. The number of hydrogen-bond donors (Lipinski definition) is 1. The normalized spacial score (nSPS) is 13.4. The molecule has 0 spiro atoms. The van der Waals surface area contributed by atoms with Crippen molar-refractivity contribution >= 4 is 29.2 Å². The van der Waals surface area contributed by atoms with E-state index in [4.69, 9.17) is 34.4 Å². The molecule has 0 saturated carbocycles. The fraction of sp³-hybridized carbons (Fsp3) is 0.357. The number of carbonyl (C=O) groups excluding carboxylic acids is 1. The minimum Gasteiger partial charge on any atom is -0.464 e. The van der Waals surface area contributed by atoms with Crippen molar-refractivity contribution in [3.8, 4) is 12.3 Å². The first-order chi connectivity index (χ1) is 8.95. The average Bonchev–Trinajstić information content (AvgIpc) is 2.39. The van der Waals surface area contributed by atoms with Crippen molar-refractivity contribution in [1.29, 1.82) is 0 Å². The molecule has 1 atom stereocenters. The third-order valence-corrected chi connectivity index (χ3v) is 3.46. The molecule has 0 aromatic heterocycles. The van der Waals surface area contributed by atoms with E-state index in [0.29, 0.717) is 15.6 Å². The first kappa shape index (κ1) is 15.8. The van der Waals surface area contributed by atoms with Crippen molar-refractivity contribution in [1.82, 2.24) is 5.32 Å². The van der Waals surface area contributed by atoms with Gasteiger partial charge < -0.3 is 4.74 Å². The molecule has 0 saturated heterocycles. The Morgan fingerprint density at radius 1 is 1.47 bits per heavy atom. The van der Waals surface area contributed by atoms with Gasteiger partial charge in [0.2, 0.25) is 0 Å². The van der Waals surface area contributed by atoms with Crippen LogP contribution in [0.25, 0.3) is 0 Å². The maximum absolute atomic E-state index is 12.1. The van der Waals surface area contributed by atoms with E-state index in [1.165, 1.54) is 0 Å². The Labute approximate surface area is 123 Å². The molecule has 0 amide bonds. The van der Waals surface area contributed by atoms with Crippen molar-refractivity contribution in [2.75, 3.05) is 13.2 Å². The largest absolute Gasteiger partial charge is 0.464 e. The summed E-state index contributed by atoms with van der Waals surface area (Å²) in [7, 11) is 0. The first-order valence-corrected chi connectivity index (χ1v) is 6.52. The molecule has 102 valence electrons. The van der Waals surface area contributed by atoms with Crippen LogP contribution in [0.3, 0.4) is 0 Å². The molecule has 0 heterocycles. The number of benzene rings is 1. The van der Waals surface area contributed by atoms with Gasteiger partial charge in [0.05, 0.1) is 23.2 Å². The highest BCUT2D eigenvalue weighted by atomic mass is 35.5. The number of halogens is 2. The Balaban J connectivity index is 3.18. The Hall–Kier alpha value is -1.21. The van der Waals surface area contributed by atoms with Gasteiger partial charge in [-0.2, -0.15) is 0 Å². The number of ether oxygens (including phenoxy) is 1. The second kappa shape index (κ2) is 6.81. The minimum atomic E-state index is -1.06. The third kappa shape index (κ3) is 3.63. The molecule has 0 aliphatic rings. The molecule has 3 nitrogen and oxygen atoms in total. The van der Waals surface area contributed by atoms with Gasteiger partial charge in [0.25, 0.3) is 0 Å². The zero-order valence-corrected chi connectivity index (χ0v) is 12.3. The average molecular weight is 300 g/mol. The van der Waals surface area contributed by atoms with Gasteiger partial charge in [-0.15, -0.1) is 6.42 Å². The molecule has 0 fully saturated rings. The number of nitrogens with one attached hydrogen (secondary N) is 1. The van der Waals surface area contributed by atoms with E-state index < -0.39 is 11.5 Å². The molecule has 1 aromatic carbocycles. The summed E-state index contributed by atoms with van der Waals surface area (Å²) in [5, 5.41) is 3.78. The van der Waals surface area contributed by atoms with Crippen molar-refractivity contribution in [2.45, 2.75) is 19.4 Å². The summed E-state index contributed by atoms with van der Waals surface area (Å²) in [5.41, 5.74) is -0.410. The van der Waals surface area contributed by atoms with Crippen molar-refractivity contribution < 1.29 is 9.53 Å². The van der Waals surface area contributed by atoms with E-state index in [0.717, 1.165) is 0 Å². The summed E-state index contributed by atoms with van der Waals surface area (Å²) < 4.78 is 5.08. The van der Waals surface area contributed by atoms with Gasteiger partial charge in [0.1, 0.15) is 5.54 Å². The van der Waals surface area contributed by atoms with Crippen LogP contribution in [0.15, 0.2) is 18.2 Å². The predicted octanol–water partition coefficient (Wildman–Crippen LogP) is 2.99. The lowest BCUT2D eigenvalue weighted by atomic mass is 9.92. The molecule has 0 aliphatic carbocycles. The van der Waals surface area contributed by atoms with Gasteiger partial charge in [0.15, 0.2) is 0 Å². The minimum absolute atomic E-state index is 0.232. The van der Waals surface area contributed by atoms with Crippen molar-refractivity contribution in [3.63, 3.8) is 0 Å². The molecule has 19 heavy (non-hydrogen) atoms. The lowest BCUT2D eigenvalue weighted by Gasteiger charge is -2.28. The van der Waals surface area contributed by atoms with E-state index in [1.807, 2.05) is 0 Å². The molecular weight excluding hydrogens is 285 g/mol. The topological polar surface area (TPSA) is 38.3 Å². The van der Waals surface area contributed by atoms with Gasteiger partial charge in [-0.1, -0.05) is 35.2 Å². The molecule has 5 heteroatoms. The molecular formula is C14H15Cl2NO2. The van der Waals surface area contributed by atoms with Crippen molar-refractivity contribution in [2.24, 2.45) is 0 Å². The summed E-state index contributed by atoms with van der Waals surface area (Å²) in [6.45, 7) is 3.96. The standard InChI is InChI=1S/C14H15Cl2NO2/c1-4-8-17-14(3,13(18)19-5-2)10-6-7-11(15)12(16)9-10/h1,6-7,9,17H,5,8H2,2-3H3. The number of esters is 1. The summed E-state index contributed by atoms with van der Waals surface area (Å²) in [6.07, 6.45) is 5.23. The van der Waals surface area contributed by atoms with Crippen molar-refractivity contribution in [3.05, 3.63) is 33.8 Å². The quantitative estimate of drug-likeness (QED) is 0.671. The lowest BCUT2D eigenvalue weighted by Crippen LogP contribution is -2.47. The molecule has 1 aromatic rings. The van der Waals surface area contributed by atoms with Gasteiger partial charge in [-0.3, -0.25) is 5.32 Å². The zero-order chi connectivity index (χ0) is 14.5. The molecule has 0 bridgehead atoms. The van der Waals surface area contributed by atoms with Gasteiger partial charge in [0, 0.05) is 0 Å². The van der Waals surface area contributed by atoms with Crippen LogP contribution in [-0.4, -0.2) is 19.1 Å². The first-order valence-electron chi connectivity index (χ1n) is 5.77. The summed E-state index contributed by atoms with van der Waals surface area (Å²) in [5.74, 6) is 2.02. The van der Waals surface area contributed by atoms with Crippen LogP contribution in [0, 0.1) is 12.3 Å². The van der Waals surface area contributed by atoms with Gasteiger partial charge in [-0.05, 0) is 31.5 Å². The van der Waals surface area contributed by atoms with Gasteiger partial charge in [-0.25, -0.2) is 4.79 Å². The van der Waals surface area contributed by atoms with Crippen LogP contribution in [0.1, 0.15) is 19.4 Å². The van der Waals surface area contributed by atoms with Crippen LogP contribution in [0.5, 0.6) is 0 Å². The second-order valence-electron chi connectivity index (χ2n) is 4.03. The maximum Gasteiger partial charge on any atom is 0.330 e. The van der Waals surface area contributed by atoms with E-state index in [9.17, 15) is 4.79 Å². The molecule has 1 N–H and O–H groups in total. The number of hydrogen-bond acceptors (Lipinski definition) is 3. The van der Waals surface area contributed by atoms with Gasteiger partial charge >= 0.3 is 5.97 Å². The lowest BCUT2D eigenvalue weighted by molar-refractivity contribution is -0.150. The third-order valence-electron chi connectivity index (χ3n) is 2.72. The second-order valence-corrected chi connectivity index (χ2v) is 4.85. The van der Waals surface area contributed by atoms with Crippen LogP contribution >= 0.6 is 23.2 Å². The number of rotatable bonds is 5. The Bertz CT molecular complexity index is 511. The van der Waals surface area contributed by atoms with Crippen LogP contribution in [0.2, 0.25) is 10.0 Å². The molecule has 1 unspecified atom stereocenters. The Morgan fingerprint density at radius 3 is 2.68 bits per heavy atom. The smallest absolute Gasteiger partial charge is 0.330 e. The SMILES string of the molecule is C#CCNC(C)(C(=O)OCC)c1ccc(Cl)c(Cl)c1. The van der Waals surface area contributed by atoms with Crippen LogP contribution in [-0.2, 0) is 15.1 Å². The maximum atomic E-state index is 12.1. The summed E-state index contributed by atoms with van der Waals surface area (Å²) >= 11 is 11.9. The van der Waals surface area contributed by atoms with Crippen LogP contribution in [0.4, 0.5) is 0 Å². The number of terminal acetylenes is 1. The van der Waals surface area contributed by atoms with E-state index in [1.54, 1.807) is 32.0 Å². The fourth-order valence-electron chi connectivity index (χ4n) is 1.60. The Kier molecular flexibility index (Phi) is 5.68. The number of carbonyl (C=O) groups is 1. The fourth-order valence-corrected chi connectivity index (χ4v) is 1.90. The zero-order valence-electron chi connectivity index (χ0n) is 10.8. The predicted molar refractivity (Wildman–Crippen MR) is 77.3 cm³/mol. The molecule has 0 radical (unpaired) electrons. The van der Waals surface area contributed by atoms with E-state index in [2.05, 4.69) is 11.2 Å². The Morgan fingerprint density at radius 2 is 2.16 bits per heavy atom. The molecule has 1 rings (SSSR count). The monoisotopic (exact) mass is 299 g/mol. The van der Waals surface area contributed by atoms with E-state index in [-0.39, 0.29) is 13.2 Å². The summed E-state index contributed by atoms with van der Waals surface area (Å²) in [4.78, 5) is 12.1. The summed E-state index contributed by atoms with van der Waals surface area (Å²) in [6, 6.07) is 4.98. The highest BCUT2D eigenvalue weighted by Crippen LogP contribution is 2.29. The van der Waals surface area contributed by atoms with E-state index >= 15 is 0 Å².